The van der Waals surface area contributed by atoms with Crippen LogP contribution >= 0.6 is 0 Å². The van der Waals surface area contributed by atoms with Crippen LogP contribution in [-0.4, -0.2) is 16.5 Å². The Balaban J connectivity index is 2.00. The third-order valence-electron chi connectivity index (χ3n) is 3.96. The Morgan fingerprint density at radius 3 is 2.74 bits per heavy atom. The van der Waals surface area contributed by atoms with Gasteiger partial charge in [-0.15, -0.1) is 0 Å². The summed E-state index contributed by atoms with van der Waals surface area (Å²) in [5.41, 5.74) is 2.30. The molecular formula is C14H21N3O2. The van der Waals surface area contributed by atoms with Crippen molar-refractivity contribution in [1.82, 2.24) is 10.3 Å². The van der Waals surface area contributed by atoms with Crippen LogP contribution in [0.3, 0.4) is 0 Å². The fraction of sp³-hybridized carbons (Fsp3) is 0.643. The molecule has 0 aromatic carbocycles. The van der Waals surface area contributed by atoms with Crippen LogP contribution in [0.25, 0.3) is 0 Å². The lowest BCUT2D eigenvalue weighted by atomic mass is 10.1. The quantitative estimate of drug-likeness (QED) is 0.655. The molecule has 2 rings (SSSR count). The number of nitro groups is 1. The minimum atomic E-state index is -0.313. The Kier molecular flexibility index (Phi) is 4.47. The zero-order chi connectivity index (χ0) is 13.8. The first-order valence-electron chi connectivity index (χ1n) is 6.89. The molecule has 5 heteroatoms. The first-order valence-corrected chi connectivity index (χ1v) is 6.89. The highest BCUT2D eigenvalue weighted by molar-refractivity contribution is 5.47. The van der Waals surface area contributed by atoms with E-state index in [2.05, 4.69) is 10.3 Å². The molecule has 0 radical (unpaired) electrons. The molecule has 19 heavy (non-hydrogen) atoms. The number of aromatic nitrogens is 1. The molecule has 1 saturated carbocycles. The molecule has 0 spiro atoms. The summed E-state index contributed by atoms with van der Waals surface area (Å²) in [6, 6.07) is 0. The Labute approximate surface area is 113 Å². The number of nitrogens with one attached hydrogen (secondary N) is 1. The SMILES string of the molecule is Cc1cnc(CNCC2CCCC2)c(C)c1[N+](=O)[O-]. The van der Waals surface area contributed by atoms with E-state index in [1.807, 2.05) is 0 Å². The molecule has 1 N–H and O–H groups in total. The average Bonchev–Trinajstić information content (AvgIpc) is 2.85. The van der Waals surface area contributed by atoms with Crippen molar-refractivity contribution in [2.75, 3.05) is 6.54 Å². The van der Waals surface area contributed by atoms with Crippen molar-refractivity contribution >= 4 is 5.69 Å². The zero-order valence-electron chi connectivity index (χ0n) is 11.6. The molecule has 104 valence electrons. The Hall–Kier alpha value is -1.49. The van der Waals surface area contributed by atoms with Crippen LogP contribution in [0.4, 0.5) is 5.69 Å². The molecule has 1 aromatic rings. The maximum Gasteiger partial charge on any atom is 0.278 e. The van der Waals surface area contributed by atoms with Crippen LogP contribution in [0.15, 0.2) is 6.20 Å². The monoisotopic (exact) mass is 263 g/mol. The predicted molar refractivity (Wildman–Crippen MR) is 74.0 cm³/mol. The van der Waals surface area contributed by atoms with Gasteiger partial charge in [0, 0.05) is 23.9 Å². The van der Waals surface area contributed by atoms with Crippen LogP contribution in [0.5, 0.6) is 0 Å². The highest BCUT2D eigenvalue weighted by atomic mass is 16.6. The molecule has 0 amide bonds. The second kappa shape index (κ2) is 6.10. The van der Waals surface area contributed by atoms with Crippen molar-refractivity contribution in [1.29, 1.82) is 0 Å². The van der Waals surface area contributed by atoms with E-state index in [1.165, 1.54) is 25.7 Å². The number of nitrogens with zero attached hydrogens (tertiary/aromatic N) is 2. The predicted octanol–water partition coefficient (Wildman–Crippen LogP) is 2.89. The number of pyridine rings is 1. The summed E-state index contributed by atoms with van der Waals surface area (Å²) in [6.45, 7) is 5.12. The lowest BCUT2D eigenvalue weighted by Crippen LogP contribution is -2.22. The molecule has 1 heterocycles. The molecule has 0 saturated heterocycles. The fourth-order valence-electron chi connectivity index (χ4n) is 2.83. The molecule has 1 aromatic heterocycles. The second-order valence-electron chi connectivity index (χ2n) is 5.40. The molecule has 0 bridgehead atoms. The molecule has 0 aliphatic heterocycles. The van der Waals surface area contributed by atoms with Gasteiger partial charge in [-0.2, -0.15) is 0 Å². The smallest absolute Gasteiger partial charge is 0.278 e. The topological polar surface area (TPSA) is 68.1 Å². The van der Waals surface area contributed by atoms with Gasteiger partial charge in [0.15, 0.2) is 0 Å². The van der Waals surface area contributed by atoms with Gasteiger partial charge in [0.05, 0.1) is 10.6 Å². The lowest BCUT2D eigenvalue weighted by molar-refractivity contribution is -0.386. The summed E-state index contributed by atoms with van der Waals surface area (Å²) in [7, 11) is 0. The molecule has 1 aliphatic carbocycles. The van der Waals surface area contributed by atoms with Gasteiger partial charge in [-0.3, -0.25) is 15.1 Å². The van der Waals surface area contributed by atoms with E-state index in [0.717, 1.165) is 18.2 Å². The van der Waals surface area contributed by atoms with Crippen LogP contribution in [-0.2, 0) is 6.54 Å². The van der Waals surface area contributed by atoms with E-state index in [-0.39, 0.29) is 10.6 Å². The fourth-order valence-corrected chi connectivity index (χ4v) is 2.83. The summed E-state index contributed by atoms with van der Waals surface area (Å²) in [4.78, 5) is 15.0. The van der Waals surface area contributed by atoms with Crippen LogP contribution < -0.4 is 5.32 Å². The number of hydrogen-bond donors (Lipinski definition) is 1. The normalized spacial score (nSPS) is 15.9. The second-order valence-corrected chi connectivity index (χ2v) is 5.40. The van der Waals surface area contributed by atoms with E-state index in [1.54, 1.807) is 20.0 Å². The summed E-state index contributed by atoms with van der Waals surface area (Å²) in [6.07, 6.45) is 6.86. The maximum atomic E-state index is 11.0. The lowest BCUT2D eigenvalue weighted by Gasteiger charge is -2.12. The van der Waals surface area contributed by atoms with Gasteiger partial charge in [-0.1, -0.05) is 12.8 Å². The first kappa shape index (κ1) is 13.9. The van der Waals surface area contributed by atoms with Crippen LogP contribution in [0, 0.1) is 29.9 Å². The van der Waals surface area contributed by atoms with Crippen molar-refractivity contribution < 1.29 is 4.92 Å². The van der Waals surface area contributed by atoms with E-state index < -0.39 is 0 Å². The average molecular weight is 263 g/mol. The Morgan fingerprint density at radius 2 is 2.11 bits per heavy atom. The Morgan fingerprint density at radius 1 is 1.42 bits per heavy atom. The van der Waals surface area contributed by atoms with Crippen LogP contribution in [0.2, 0.25) is 0 Å². The van der Waals surface area contributed by atoms with Gasteiger partial charge in [0.1, 0.15) is 0 Å². The van der Waals surface area contributed by atoms with E-state index in [0.29, 0.717) is 17.7 Å². The zero-order valence-corrected chi connectivity index (χ0v) is 11.6. The van der Waals surface area contributed by atoms with Gasteiger partial charge in [0.2, 0.25) is 0 Å². The molecule has 1 aliphatic rings. The summed E-state index contributed by atoms with van der Waals surface area (Å²) in [5.74, 6) is 0.765. The van der Waals surface area contributed by atoms with Crippen molar-refractivity contribution in [2.45, 2.75) is 46.1 Å². The van der Waals surface area contributed by atoms with Gasteiger partial charge >= 0.3 is 0 Å². The van der Waals surface area contributed by atoms with Crippen molar-refractivity contribution in [3.8, 4) is 0 Å². The highest BCUT2D eigenvalue weighted by Crippen LogP contribution is 2.25. The first-order chi connectivity index (χ1) is 9.09. The van der Waals surface area contributed by atoms with E-state index >= 15 is 0 Å². The number of hydrogen-bond acceptors (Lipinski definition) is 4. The summed E-state index contributed by atoms with van der Waals surface area (Å²) in [5, 5.41) is 14.4. The summed E-state index contributed by atoms with van der Waals surface area (Å²) < 4.78 is 0. The van der Waals surface area contributed by atoms with Crippen molar-refractivity contribution in [3.05, 3.63) is 33.1 Å². The van der Waals surface area contributed by atoms with Crippen molar-refractivity contribution in [2.24, 2.45) is 5.92 Å². The minimum absolute atomic E-state index is 0.202. The minimum Gasteiger partial charge on any atom is -0.311 e. The van der Waals surface area contributed by atoms with E-state index in [4.69, 9.17) is 0 Å². The maximum absolute atomic E-state index is 11.0. The van der Waals surface area contributed by atoms with Crippen molar-refractivity contribution in [3.63, 3.8) is 0 Å². The van der Waals surface area contributed by atoms with Gasteiger partial charge < -0.3 is 5.32 Å². The van der Waals surface area contributed by atoms with Crippen LogP contribution in [0.1, 0.15) is 42.5 Å². The molecule has 0 unspecified atom stereocenters. The summed E-state index contributed by atoms with van der Waals surface area (Å²) >= 11 is 0. The largest absolute Gasteiger partial charge is 0.311 e. The standard InChI is InChI=1S/C14H21N3O2/c1-10-7-16-13(11(2)14(10)17(18)19)9-15-8-12-5-3-4-6-12/h7,12,15H,3-6,8-9H2,1-2H3. The molecule has 0 atom stereocenters. The number of aryl methyl sites for hydroxylation is 1. The molecule has 1 fully saturated rings. The highest BCUT2D eigenvalue weighted by Gasteiger charge is 2.19. The van der Waals surface area contributed by atoms with Gasteiger partial charge in [-0.05, 0) is 39.2 Å². The third-order valence-corrected chi connectivity index (χ3v) is 3.96. The third kappa shape index (κ3) is 3.29. The molecular weight excluding hydrogens is 242 g/mol. The van der Waals surface area contributed by atoms with E-state index in [9.17, 15) is 10.1 Å². The Bertz CT molecular complexity index is 468. The van der Waals surface area contributed by atoms with Gasteiger partial charge in [-0.25, -0.2) is 0 Å². The number of rotatable bonds is 5. The molecule has 5 nitrogen and oxygen atoms in total. The van der Waals surface area contributed by atoms with Gasteiger partial charge in [0.25, 0.3) is 5.69 Å².